The highest BCUT2D eigenvalue weighted by molar-refractivity contribution is 5.38. The van der Waals surface area contributed by atoms with Crippen molar-refractivity contribution in [3.63, 3.8) is 0 Å². The van der Waals surface area contributed by atoms with Gasteiger partial charge in [-0.15, -0.1) is 0 Å². The van der Waals surface area contributed by atoms with Crippen LogP contribution in [0, 0.1) is 6.92 Å². The Kier molecular flexibility index (Phi) is 3.78. The molecule has 0 radical (unpaired) electrons. The Hall–Kier alpha value is -1.09. The van der Waals surface area contributed by atoms with Crippen molar-refractivity contribution in [2.75, 3.05) is 25.1 Å². The van der Waals surface area contributed by atoms with Gasteiger partial charge in [0.2, 0.25) is 0 Å². The van der Waals surface area contributed by atoms with Crippen molar-refractivity contribution in [3.05, 3.63) is 23.9 Å². The molecule has 0 aromatic carbocycles. The summed E-state index contributed by atoms with van der Waals surface area (Å²) in [6.45, 7) is 3.88. The number of aryl methyl sites for hydroxylation is 1. The van der Waals surface area contributed by atoms with Gasteiger partial charge >= 0.3 is 0 Å². The van der Waals surface area contributed by atoms with Crippen molar-refractivity contribution in [2.45, 2.75) is 32.3 Å². The smallest absolute Gasteiger partial charge is 0.128 e. The Balaban J connectivity index is 1.94. The van der Waals surface area contributed by atoms with Gasteiger partial charge in [0.15, 0.2) is 0 Å². The highest BCUT2D eigenvalue weighted by atomic mass is 16.5. The largest absolute Gasteiger partial charge is 0.376 e. The predicted molar refractivity (Wildman–Crippen MR) is 65.8 cm³/mol. The minimum Gasteiger partial charge on any atom is -0.376 e. The molecule has 1 atom stereocenters. The second-order valence-corrected chi connectivity index (χ2v) is 4.51. The van der Waals surface area contributed by atoms with Crippen molar-refractivity contribution in [3.8, 4) is 0 Å². The number of pyridine rings is 1. The van der Waals surface area contributed by atoms with Gasteiger partial charge < -0.3 is 9.64 Å². The Bertz CT molecular complexity index is 334. The van der Waals surface area contributed by atoms with E-state index in [1.807, 2.05) is 13.0 Å². The van der Waals surface area contributed by atoms with Crippen LogP contribution in [0.3, 0.4) is 0 Å². The standard InChI is InChI=1S/C13H20N2O/c1-11-6-5-8-13(14-11)15(2)10-12-7-3-4-9-16-12/h5-6,8,12H,3-4,7,9-10H2,1-2H3. The van der Waals surface area contributed by atoms with Crippen LogP contribution >= 0.6 is 0 Å². The molecule has 1 aliphatic rings. The molecule has 0 saturated carbocycles. The van der Waals surface area contributed by atoms with E-state index in [1.54, 1.807) is 0 Å². The fourth-order valence-corrected chi connectivity index (χ4v) is 2.09. The third-order valence-corrected chi connectivity index (χ3v) is 3.02. The molecule has 1 aromatic heterocycles. The molecule has 1 saturated heterocycles. The maximum absolute atomic E-state index is 5.73. The van der Waals surface area contributed by atoms with Gasteiger partial charge in [-0.25, -0.2) is 4.98 Å². The van der Waals surface area contributed by atoms with E-state index in [-0.39, 0.29) is 0 Å². The van der Waals surface area contributed by atoms with E-state index in [1.165, 1.54) is 19.3 Å². The summed E-state index contributed by atoms with van der Waals surface area (Å²) in [5.41, 5.74) is 1.06. The lowest BCUT2D eigenvalue weighted by molar-refractivity contribution is 0.0215. The molecule has 0 bridgehead atoms. The Labute approximate surface area is 97.4 Å². The van der Waals surface area contributed by atoms with E-state index in [0.717, 1.165) is 24.7 Å². The van der Waals surface area contributed by atoms with Gasteiger partial charge in [-0.05, 0) is 38.3 Å². The summed E-state index contributed by atoms with van der Waals surface area (Å²) >= 11 is 0. The van der Waals surface area contributed by atoms with Crippen molar-refractivity contribution in [1.82, 2.24) is 4.98 Å². The minimum atomic E-state index is 0.376. The summed E-state index contributed by atoms with van der Waals surface area (Å²) in [4.78, 5) is 6.69. The summed E-state index contributed by atoms with van der Waals surface area (Å²) in [5, 5.41) is 0. The second kappa shape index (κ2) is 5.30. The lowest BCUT2D eigenvalue weighted by atomic mass is 10.1. The van der Waals surface area contributed by atoms with Crippen molar-refractivity contribution < 1.29 is 4.74 Å². The van der Waals surface area contributed by atoms with Crippen LogP contribution in [0.5, 0.6) is 0 Å². The Morgan fingerprint density at radius 1 is 1.44 bits per heavy atom. The number of ether oxygens (including phenoxy) is 1. The van der Waals surface area contributed by atoms with Gasteiger partial charge in [0.1, 0.15) is 5.82 Å². The molecule has 3 heteroatoms. The van der Waals surface area contributed by atoms with Crippen LogP contribution in [0.25, 0.3) is 0 Å². The normalized spacial score (nSPS) is 20.8. The van der Waals surface area contributed by atoms with E-state index in [2.05, 4.69) is 29.1 Å². The molecule has 0 spiro atoms. The van der Waals surface area contributed by atoms with Crippen LogP contribution in [0.2, 0.25) is 0 Å². The molecule has 88 valence electrons. The first-order valence-electron chi connectivity index (χ1n) is 6.02. The quantitative estimate of drug-likeness (QED) is 0.782. The van der Waals surface area contributed by atoms with E-state index in [4.69, 9.17) is 4.74 Å². The van der Waals surface area contributed by atoms with Crippen LogP contribution in [0.4, 0.5) is 5.82 Å². The predicted octanol–water partition coefficient (Wildman–Crippen LogP) is 2.40. The summed E-state index contributed by atoms with van der Waals surface area (Å²) in [5.74, 6) is 1.04. The number of hydrogen-bond donors (Lipinski definition) is 0. The van der Waals surface area contributed by atoms with E-state index >= 15 is 0 Å². The van der Waals surface area contributed by atoms with Gasteiger partial charge in [0.05, 0.1) is 6.10 Å². The zero-order chi connectivity index (χ0) is 11.4. The Morgan fingerprint density at radius 3 is 3.00 bits per heavy atom. The van der Waals surface area contributed by atoms with E-state index < -0.39 is 0 Å². The number of rotatable bonds is 3. The third kappa shape index (κ3) is 2.95. The van der Waals surface area contributed by atoms with Gasteiger partial charge in [-0.1, -0.05) is 6.07 Å². The molecule has 0 N–H and O–H groups in total. The fourth-order valence-electron chi connectivity index (χ4n) is 2.09. The summed E-state index contributed by atoms with van der Waals surface area (Å²) < 4.78 is 5.73. The number of likely N-dealkylation sites (N-methyl/N-ethyl adjacent to an activating group) is 1. The molecule has 1 aromatic rings. The average Bonchev–Trinajstić information content (AvgIpc) is 2.30. The summed E-state index contributed by atoms with van der Waals surface area (Å²) in [6, 6.07) is 6.13. The second-order valence-electron chi connectivity index (χ2n) is 4.51. The third-order valence-electron chi connectivity index (χ3n) is 3.02. The van der Waals surface area contributed by atoms with Crippen LogP contribution < -0.4 is 4.90 Å². The lowest BCUT2D eigenvalue weighted by Crippen LogP contribution is -2.33. The molecule has 1 unspecified atom stereocenters. The molecule has 16 heavy (non-hydrogen) atoms. The maximum atomic E-state index is 5.73. The van der Waals surface area contributed by atoms with Gasteiger partial charge in [-0.3, -0.25) is 0 Å². The van der Waals surface area contributed by atoms with Gasteiger partial charge in [0, 0.05) is 25.9 Å². The molecule has 3 nitrogen and oxygen atoms in total. The van der Waals surface area contributed by atoms with Crippen molar-refractivity contribution in [2.24, 2.45) is 0 Å². The highest BCUT2D eigenvalue weighted by Gasteiger charge is 2.16. The number of aromatic nitrogens is 1. The minimum absolute atomic E-state index is 0.376. The number of anilines is 1. The van der Waals surface area contributed by atoms with E-state index in [0.29, 0.717) is 6.10 Å². The summed E-state index contributed by atoms with van der Waals surface area (Å²) in [7, 11) is 2.08. The molecule has 0 amide bonds. The van der Waals surface area contributed by atoms with Gasteiger partial charge in [-0.2, -0.15) is 0 Å². The number of nitrogens with zero attached hydrogens (tertiary/aromatic N) is 2. The van der Waals surface area contributed by atoms with Crippen molar-refractivity contribution in [1.29, 1.82) is 0 Å². The van der Waals surface area contributed by atoms with E-state index in [9.17, 15) is 0 Å². The summed E-state index contributed by atoms with van der Waals surface area (Å²) in [6.07, 6.45) is 4.06. The van der Waals surface area contributed by atoms with Crippen LogP contribution in [0.1, 0.15) is 25.0 Å². The molecule has 1 aliphatic heterocycles. The molecule has 0 aliphatic carbocycles. The molecule has 1 fully saturated rings. The lowest BCUT2D eigenvalue weighted by Gasteiger charge is -2.28. The van der Waals surface area contributed by atoms with Crippen LogP contribution in [0.15, 0.2) is 18.2 Å². The topological polar surface area (TPSA) is 25.4 Å². The first-order chi connectivity index (χ1) is 7.75. The van der Waals surface area contributed by atoms with Crippen LogP contribution in [-0.4, -0.2) is 31.3 Å². The first-order valence-corrected chi connectivity index (χ1v) is 6.02. The van der Waals surface area contributed by atoms with Crippen molar-refractivity contribution >= 4 is 5.82 Å². The van der Waals surface area contributed by atoms with Crippen LogP contribution in [-0.2, 0) is 4.74 Å². The molecule has 2 rings (SSSR count). The molecular formula is C13H20N2O. The highest BCUT2D eigenvalue weighted by Crippen LogP contribution is 2.16. The number of hydrogen-bond acceptors (Lipinski definition) is 3. The monoisotopic (exact) mass is 220 g/mol. The molecular weight excluding hydrogens is 200 g/mol. The van der Waals surface area contributed by atoms with Gasteiger partial charge in [0.25, 0.3) is 0 Å². The maximum Gasteiger partial charge on any atom is 0.128 e. The average molecular weight is 220 g/mol. The molecule has 2 heterocycles. The SMILES string of the molecule is Cc1cccc(N(C)CC2CCCCO2)n1. The zero-order valence-corrected chi connectivity index (χ0v) is 10.1. The Morgan fingerprint density at radius 2 is 2.31 bits per heavy atom. The fraction of sp³-hybridized carbons (Fsp3) is 0.615. The zero-order valence-electron chi connectivity index (χ0n) is 10.1. The first kappa shape index (κ1) is 11.4.